The zero-order valence-corrected chi connectivity index (χ0v) is 13.6. The number of fused-ring (bicyclic) bond motifs is 1. The van der Waals surface area contributed by atoms with Crippen LogP contribution in [0.1, 0.15) is 27.3 Å². The van der Waals surface area contributed by atoms with E-state index in [1.165, 1.54) is 4.90 Å². The van der Waals surface area contributed by atoms with Gasteiger partial charge in [-0.15, -0.1) is 0 Å². The Bertz CT molecular complexity index is 1030. The Morgan fingerprint density at radius 3 is 3.29 bits per heavy atom. The van der Waals surface area contributed by atoms with Gasteiger partial charge in [0.1, 0.15) is 19.1 Å². The lowest BCUT2D eigenvalue weighted by Crippen LogP contribution is -2.53. The molecule has 0 radical (unpaired) electrons. The number of rotatable bonds is 3. The number of aromatic amines is 1. The number of hydrogen-bond donors (Lipinski definition) is 1. The lowest BCUT2D eigenvalue weighted by Gasteiger charge is -2.41. The number of piperidine rings is 1. The van der Waals surface area contributed by atoms with E-state index in [1.54, 1.807) is 13.8 Å². The summed E-state index contributed by atoms with van der Waals surface area (Å²) in [6.45, 7) is 7.20. The normalized spacial score (nSPS) is 28.0. The fourth-order valence-corrected chi connectivity index (χ4v) is 2.89. The number of likely N-dealkylation sites (tertiary alicyclic amines) is 1. The summed E-state index contributed by atoms with van der Waals surface area (Å²) in [4.78, 5) is 28.6. The number of aromatic nitrogens is 3. The van der Waals surface area contributed by atoms with Gasteiger partial charge >= 0.3 is 5.91 Å². The van der Waals surface area contributed by atoms with Crippen LogP contribution in [-0.2, 0) is 4.79 Å². The number of anilines is 1. The molecule has 0 aliphatic carbocycles. The van der Waals surface area contributed by atoms with Gasteiger partial charge in [-0.1, -0.05) is 6.92 Å². The molecule has 2 atom stereocenters. The van der Waals surface area contributed by atoms with Crippen LogP contribution in [0.2, 0.25) is 0 Å². The van der Waals surface area contributed by atoms with Gasteiger partial charge in [0.15, 0.2) is 0 Å². The van der Waals surface area contributed by atoms with Crippen molar-refractivity contribution in [1.29, 1.82) is 0 Å². The molecule has 2 aromatic rings. The number of aryl methyl sites for hydroxylation is 1. The molecule has 0 aromatic carbocycles. The third-order valence-corrected chi connectivity index (χ3v) is 4.24. The van der Waals surface area contributed by atoms with Crippen LogP contribution in [0.25, 0.3) is 15.9 Å². The van der Waals surface area contributed by atoms with Crippen LogP contribution in [0.15, 0.2) is 12.3 Å². The first kappa shape index (κ1) is 10.3. The minimum atomic E-state index is -2.76. The average molecular weight is 332 g/mol. The van der Waals surface area contributed by atoms with Crippen molar-refractivity contribution < 1.29 is 13.0 Å². The monoisotopic (exact) mass is 332 g/mol. The number of carbonyl (C=O) groups excluding carboxylic acids is 1. The van der Waals surface area contributed by atoms with Crippen LogP contribution in [0.5, 0.6) is 0 Å². The summed E-state index contributed by atoms with van der Waals surface area (Å²) in [7, 11) is 0. The molecular weight excluding hydrogens is 304 g/mol. The summed E-state index contributed by atoms with van der Waals surface area (Å²) in [5.74, 6) is -1.82. The van der Waals surface area contributed by atoms with E-state index in [0.717, 1.165) is 4.90 Å². The van der Waals surface area contributed by atoms with Gasteiger partial charge in [0, 0.05) is 31.2 Å². The molecule has 1 aliphatic heterocycles. The number of nitrogens with one attached hydrogen (secondary N) is 1. The molecule has 1 saturated heterocycles. The second-order valence-electron chi connectivity index (χ2n) is 5.88. The number of carbonyl (C=O) groups is 1. The quantitative estimate of drug-likeness (QED) is 0.871. The summed E-state index contributed by atoms with van der Waals surface area (Å²) in [6.07, 6.45) is -0.216. The van der Waals surface area contributed by atoms with Crippen molar-refractivity contribution >= 4 is 22.8 Å². The summed E-state index contributed by atoms with van der Waals surface area (Å²) < 4.78 is 49.4. The van der Waals surface area contributed by atoms with Crippen molar-refractivity contribution in [2.24, 2.45) is 5.89 Å². The van der Waals surface area contributed by atoms with Crippen LogP contribution in [0.4, 0.5) is 5.82 Å². The van der Waals surface area contributed by atoms with Gasteiger partial charge in [0.25, 0.3) is 6.54 Å². The highest BCUT2D eigenvalue weighted by molar-refractivity contribution is 5.88. The van der Waals surface area contributed by atoms with Gasteiger partial charge in [0.2, 0.25) is 0 Å². The fourth-order valence-electron chi connectivity index (χ4n) is 2.89. The standard InChI is InChI=1S/C17H22N6O/c1-11-5-6-23(15(24)8-18-3)9-14(11)22(4)17-13-7-12(2)21-16(13)19-10-20-17/h7,10-11,14H,5-6,8-9H2,1-2,4H3,(H,19,20,21)/t11-,14+/m1/s1/i4D3,7D,10D,11D. The molecule has 126 valence electrons. The van der Waals surface area contributed by atoms with E-state index in [1.807, 2.05) is 0 Å². The molecule has 0 bridgehead atoms. The smallest absolute Gasteiger partial charge is 0.302 e. The van der Waals surface area contributed by atoms with Gasteiger partial charge in [-0.2, -0.15) is 0 Å². The van der Waals surface area contributed by atoms with Crippen LogP contribution in [0.3, 0.4) is 0 Å². The maximum Gasteiger partial charge on any atom is 0.302 e. The second kappa shape index (κ2) is 6.48. The molecule has 1 fully saturated rings. The minimum absolute atomic E-state index is 0.0117. The fraction of sp³-hybridized carbons (Fsp3) is 0.529. The Hall–Kier alpha value is -2.62. The Labute approximate surface area is 149 Å². The second-order valence-corrected chi connectivity index (χ2v) is 5.88. The first-order chi connectivity index (χ1) is 13.9. The third kappa shape index (κ3) is 2.92. The number of likely N-dealkylation sites (N-methyl/N-ethyl adjacent to an activating group) is 1. The first-order valence-electron chi connectivity index (χ1n) is 10.6. The molecule has 2 aromatic heterocycles. The number of amides is 1. The topological polar surface area (TPSA) is 69.5 Å². The molecule has 0 spiro atoms. The van der Waals surface area contributed by atoms with Crippen LogP contribution >= 0.6 is 0 Å². The predicted molar refractivity (Wildman–Crippen MR) is 92.6 cm³/mol. The lowest BCUT2D eigenvalue weighted by molar-refractivity contribution is -0.130. The molecule has 0 unspecified atom stereocenters. The van der Waals surface area contributed by atoms with Gasteiger partial charge in [-0.25, -0.2) is 16.5 Å². The van der Waals surface area contributed by atoms with E-state index in [2.05, 4.69) is 19.8 Å². The largest absolute Gasteiger partial charge is 0.354 e. The predicted octanol–water partition coefficient (Wildman–Crippen LogP) is 1.86. The van der Waals surface area contributed by atoms with E-state index in [9.17, 15) is 4.79 Å². The lowest BCUT2D eigenvalue weighted by atomic mass is 9.92. The molecule has 7 heteroatoms. The molecule has 1 amide bonds. The summed E-state index contributed by atoms with van der Waals surface area (Å²) >= 11 is 0. The molecule has 24 heavy (non-hydrogen) atoms. The highest BCUT2D eigenvalue weighted by Gasteiger charge is 2.33. The Kier molecular flexibility index (Phi) is 2.78. The van der Waals surface area contributed by atoms with Crippen molar-refractivity contribution in [3.63, 3.8) is 0 Å². The molecule has 7 nitrogen and oxygen atoms in total. The van der Waals surface area contributed by atoms with Crippen molar-refractivity contribution in [2.45, 2.75) is 26.3 Å². The van der Waals surface area contributed by atoms with Crippen molar-refractivity contribution in [3.05, 3.63) is 29.5 Å². The zero-order chi connectivity index (χ0) is 22.4. The van der Waals surface area contributed by atoms with Gasteiger partial charge in [-0.05, 0) is 25.3 Å². The molecule has 1 N–H and O–H groups in total. The summed E-state index contributed by atoms with van der Waals surface area (Å²) in [5.41, 5.74) is 0.618. The van der Waals surface area contributed by atoms with Crippen LogP contribution < -0.4 is 4.90 Å². The van der Waals surface area contributed by atoms with Gasteiger partial charge < -0.3 is 19.6 Å². The maximum absolute atomic E-state index is 12.3. The zero-order valence-electron chi connectivity index (χ0n) is 19.6. The third-order valence-electron chi connectivity index (χ3n) is 4.24. The number of nitrogens with zero attached hydrogens (tertiary/aromatic N) is 5. The van der Waals surface area contributed by atoms with E-state index in [0.29, 0.717) is 5.69 Å². The molecule has 3 heterocycles. The van der Waals surface area contributed by atoms with E-state index in [-0.39, 0.29) is 48.9 Å². The maximum atomic E-state index is 12.3. The first-order valence-corrected chi connectivity index (χ1v) is 7.60. The van der Waals surface area contributed by atoms with E-state index >= 15 is 0 Å². The molecule has 0 saturated carbocycles. The SMILES string of the molecule is [2H]c1nc(N([C@H]2CN(C(=O)C[N+]#[C-])CC[C@@]2([2H])C)C([2H])([2H])[2H])c2c([2H])c(C)[nH]c2n1. The summed E-state index contributed by atoms with van der Waals surface area (Å²) in [5, 5.41) is 0.153. The highest BCUT2D eigenvalue weighted by atomic mass is 16.2. The van der Waals surface area contributed by atoms with Crippen molar-refractivity contribution in [1.82, 2.24) is 19.9 Å². The Morgan fingerprint density at radius 1 is 1.71 bits per heavy atom. The summed E-state index contributed by atoms with van der Waals surface area (Å²) in [6, 6.07) is -0.988. The van der Waals surface area contributed by atoms with Gasteiger partial charge in [-0.3, -0.25) is 4.79 Å². The average Bonchev–Trinajstić information content (AvgIpc) is 2.89. The minimum Gasteiger partial charge on any atom is -0.354 e. The number of hydrogen-bond acceptors (Lipinski definition) is 4. The van der Waals surface area contributed by atoms with Crippen LogP contribution in [-0.4, -0.2) is 58.4 Å². The van der Waals surface area contributed by atoms with Crippen molar-refractivity contribution in [3.8, 4) is 0 Å². The highest BCUT2D eigenvalue weighted by Crippen LogP contribution is 2.29. The van der Waals surface area contributed by atoms with Crippen LogP contribution in [0, 0.1) is 19.4 Å². The van der Waals surface area contributed by atoms with E-state index in [4.69, 9.17) is 14.8 Å². The molecule has 1 aliphatic rings. The van der Waals surface area contributed by atoms with E-state index < -0.39 is 31.1 Å². The van der Waals surface area contributed by atoms with Crippen molar-refractivity contribution in [2.75, 3.05) is 31.5 Å². The molecular formula is C17H22N6O. The number of H-pyrrole nitrogens is 1. The Balaban J connectivity index is 2.19. The van der Waals surface area contributed by atoms with Gasteiger partial charge in [0.05, 0.1) is 12.8 Å². The Morgan fingerprint density at radius 2 is 2.54 bits per heavy atom. The molecule has 3 rings (SSSR count).